The minimum atomic E-state index is -0.271. The van der Waals surface area contributed by atoms with Crippen molar-refractivity contribution in [1.29, 1.82) is 0 Å². The first-order valence-electron chi connectivity index (χ1n) is 9.21. The molecule has 3 rings (SSSR count). The van der Waals surface area contributed by atoms with Crippen molar-refractivity contribution in [2.75, 3.05) is 13.1 Å². The van der Waals surface area contributed by atoms with Gasteiger partial charge in [0.15, 0.2) is 0 Å². The molecule has 2 heterocycles. The summed E-state index contributed by atoms with van der Waals surface area (Å²) in [4.78, 5) is 34.5. The lowest BCUT2D eigenvalue weighted by Crippen LogP contribution is -2.37. The van der Waals surface area contributed by atoms with Gasteiger partial charge in [0, 0.05) is 37.9 Å². The number of aromatic nitrogens is 2. The maximum absolute atomic E-state index is 12.9. The van der Waals surface area contributed by atoms with E-state index in [2.05, 4.69) is 15.3 Å². The van der Waals surface area contributed by atoms with E-state index >= 15 is 0 Å². The highest BCUT2D eigenvalue weighted by Gasteiger charge is 2.22. The second-order valence-electron chi connectivity index (χ2n) is 6.70. The average Bonchev–Trinajstić information content (AvgIpc) is 2.93. The van der Waals surface area contributed by atoms with Gasteiger partial charge in [-0.1, -0.05) is 12.1 Å². The van der Waals surface area contributed by atoms with Crippen LogP contribution in [0.15, 0.2) is 42.9 Å². The van der Waals surface area contributed by atoms with Gasteiger partial charge in [-0.25, -0.2) is 9.37 Å². The zero-order valence-electron chi connectivity index (χ0n) is 15.1. The predicted molar refractivity (Wildman–Crippen MR) is 98.4 cm³/mol. The van der Waals surface area contributed by atoms with Crippen LogP contribution in [0.4, 0.5) is 4.39 Å². The number of nitrogens with zero attached hydrogens (tertiary/aromatic N) is 3. The van der Waals surface area contributed by atoms with Crippen LogP contribution >= 0.6 is 0 Å². The van der Waals surface area contributed by atoms with Crippen LogP contribution in [0, 0.1) is 5.82 Å². The Morgan fingerprint density at radius 2 is 1.96 bits per heavy atom. The van der Waals surface area contributed by atoms with E-state index in [1.807, 2.05) is 4.90 Å². The summed E-state index contributed by atoms with van der Waals surface area (Å²) in [6.07, 6.45) is 7.85. The Morgan fingerprint density at radius 1 is 1.15 bits per heavy atom. The summed E-state index contributed by atoms with van der Waals surface area (Å²) in [6.45, 7) is 1.31. The number of hydrogen-bond donors (Lipinski definition) is 1. The standard InChI is InChI=1S/C20H23FN4O2/c21-16-6-3-15(4-7-16)5-8-19(26)25-12-1-2-17(9-13-25)24-20(27)18-14-22-10-11-23-18/h3-4,6-7,10-11,14,17H,1-2,5,8-9,12-13H2,(H,24,27). The van der Waals surface area contributed by atoms with Gasteiger partial charge in [-0.05, 0) is 43.4 Å². The van der Waals surface area contributed by atoms with E-state index < -0.39 is 0 Å². The van der Waals surface area contributed by atoms with Crippen LogP contribution in [0.1, 0.15) is 41.7 Å². The van der Waals surface area contributed by atoms with Gasteiger partial charge >= 0.3 is 0 Å². The molecule has 6 nitrogen and oxygen atoms in total. The Kier molecular flexibility index (Phi) is 6.46. The normalized spacial score (nSPS) is 17.2. The second kappa shape index (κ2) is 9.21. The topological polar surface area (TPSA) is 75.2 Å². The third-order valence-corrected chi connectivity index (χ3v) is 4.75. The van der Waals surface area contributed by atoms with Crippen molar-refractivity contribution < 1.29 is 14.0 Å². The van der Waals surface area contributed by atoms with E-state index in [9.17, 15) is 14.0 Å². The zero-order chi connectivity index (χ0) is 19.1. The van der Waals surface area contributed by atoms with Crippen LogP contribution in [-0.4, -0.2) is 45.8 Å². The molecule has 2 aromatic rings. The summed E-state index contributed by atoms with van der Waals surface area (Å²) in [6, 6.07) is 6.27. The predicted octanol–water partition coefficient (Wildman–Crippen LogP) is 2.36. The Morgan fingerprint density at radius 3 is 2.70 bits per heavy atom. The molecule has 1 unspecified atom stereocenters. The van der Waals surface area contributed by atoms with Gasteiger partial charge in [0.25, 0.3) is 5.91 Å². The third-order valence-electron chi connectivity index (χ3n) is 4.75. The highest BCUT2D eigenvalue weighted by molar-refractivity contribution is 5.92. The SMILES string of the molecule is O=C(NC1CCCN(C(=O)CCc2ccc(F)cc2)CC1)c1cnccn1. The summed E-state index contributed by atoms with van der Waals surface area (Å²) in [5.74, 6) is -0.406. The fraction of sp³-hybridized carbons (Fsp3) is 0.400. The molecule has 0 radical (unpaired) electrons. The van der Waals surface area contributed by atoms with Gasteiger partial charge < -0.3 is 10.2 Å². The van der Waals surface area contributed by atoms with Gasteiger partial charge in [-0.2, -0.15) is 0 Å². The molecule has 7 heteroatoms. The molecule has 0 spiro atoms. The quantitative estimate of drug-likeness (QED) is 0.877. The summed E-state index contributed by atoms with van der Waals surface area (Å²) >= 11 is 0. The minimum absolute atomic E-state index is 0.0226. The highest BCUT2D eigenvalue weighted by Crippen LogP contribution is 2.14. The van der Waals surface area contributed by atoms with E-state index in [1.165, 1.54) is 30.7 Å². The van der Waals surface area contributed by atoms with Crippen LogP contribution in [0.25, 0.3) is 0 Å². The summed E-state index contributed by atoms with van der Waals surface area (Å²) in [5, 5.41) is 2.98. The molecule has 1 fully saturated rings. The van der Waals surface area contributed by atoms with Gasteiger partial charge in [0.2, 0.25) is 5.91 Å². The van der Waals surface area contributed by atoms with Crippen molar-refractivity contribution in [2.24, 2.45) is 0 Å². The molecule has 1 atom stereocenters. The molecule has 0 aliphatic carbocycles. The largest absolute Gasteiger partial charge is 0.348 e. The Bertz CT molecular complexity index is 767. The molecular formula is C20H23FN4O2. The maximum atomic E-state index is 12.9. The Balaban J connectivity index is 1.46. The average molecular weight is 370 g/mol. The Hall–Kier alpha value is -2.83. The van der Waals surface area contributed by atoms with Gasteiger partial charge in [0.05, 0.1) is 6.20 Å². The molecule has 1 aliphatic heterocycles. The van der Waals surface area contributed by atoms with E-state index in [4.69, 9.17) is 0 Å². The molecule has 1 aromatic carbocycles. The number of aryl methyl sites for hydroxylation is 1. The van der Waals surface area contributed by atoms with Crippen LogP contribution in [0.2, 0.25) is 0 Å². The molecule has 1 aliphatic rings. The van der Waals surface area contributed by atoms with Crippen molar-refractivity contribution in [3.63, 3.8) is 0 Å². The molecule has 0 saturated carbocycles. The number of hydrogen-bond acceptors (Lipinski definition) is 4. The molecule has 1 aromatic heterocycles. The Labute approximate surface area is 157 Å². The number of likely N-dealkylation sites (tertiary alicyclic amines) is 1. The third kappa shape index (κ3) is 5.57. The van der Waals surface area contributed by atoms with E-state index in [0.717, 1.165) is 18.4 Å². The number of benzene rings is 1. The maximum Gasteiger partial charge on any atom is 0.271 e. The number of halogens is 1. The van der Waals surface area contributed by atoms with Crippen LogP contribution in [0.3, 0.4) is 0 Å². The lowest BCUT2D eigenvalue weighted by Gasteiger charge is -2.21. The van der Waals surface area contributed by atoms with Crippen molar-refractivity contribution in [2.45, 2.75) is 38.1 Å². The van der Waals surface area contributed by atoms with Crippen molar-refractivity contribution in [3.8, 4) is 0 Å². The molecule has 1 saturated heterocycles. The molecule has 27 heavy (non-hydrogen) atoms. The lowest BCUT2D eigenvalue weighted by molar-refractivity contribution is -0.131. The first-order chi connectivity index (χ1) is 13.1. The molecule has 2 amide bonds. The minimum Gasteiger partial charge on any atom is -0.348 e. The summed E-state index contributed by atoms with van der Waals surface area (Å²) < 4.78 is 12.9. The first kappa shape index (κ1) is 18.9. The monoisotopic (exact) mass is 370 g/mol. The summed E-state index contributed by atoms with van der Waals surface area (Å²) in [7, 11) is 0. The van der Waals surface area contributed by atoms with E-state index in [-0.39, 0.29) is 23.7 Å². The number of carbonyl (C=O) groups excluding carboxylic acids is 2. The molecule has 1 N–H and O–H groups in total. The molecule has 142 valence electrons. The zero-order valence-corrected chi connectivity index (χ0v) is 15.1. The smallest absolute Gasteiger partial charge is 0.271 e. The van der Waals surface area contributed by atoms with Crippen LogP contribution in [0.5, 0.6) is 0 Å². The van der Waals surface area contributed by atoms with Crippen molar-refractivity contribution in [3.05, 3.63) is 59.9 Å². The van der Waals surface area contributed by atoms with E-state index in [0.29, 0.717) is 38.0 Å². The van der Waals surface area contributed by atoms with Crippen LogP contribution < -0.4 is 5.32 Å². The number of nitrogens with one attached hydrogen (secondary N) is 1. The molecule has 0 bridgehead atoms. The first-order valence-corrected chi connectivity index (χ1v) is 9.21. The summed E-state index contributed by atoms with van der Waals surface area (Å²) in [5.41, 5.74) is 1.25. The number of carbonyl (C=O) groups is 2. The van der Waals surface area contributed by atoms with E-state index in [1.54, 1.807) is 12.1 Å². The van der Waals surface area contributed by atoms with Crippen LogP contribution in [-0.2, 0) is 11.2 Å². The second-order valence-corrected chi connectivity index (χ2v) is 6.70. The van der Waals surface area contributed by atoms with Crippen molar-refractivity contribution >= 4 is 11.8 Å². The number of rotatable bonds is 5. The van der Waals surface area contributed by atoms with Crippen molar-refractivity contribution in [1.82, 2.24) is 20.2 Å². The van der Waals surface area contributed by atoms with Gasteiger partial charge in [-0.15, -0.1) is 0 Å². The fourth-order valence-electron chi connectivity index (χ4n) is 3.23. The van der Waals surface area contributed by atoms with Gasteiger partial charge in [0.1, 0.15) is 11.5 Å². The molecular weight excluding hydrogens is 347 g/mol. The highest BCUT2D eigenvalue weighted by atomic mass is 19.1. The van der Waals surface area contributed by atoms with Gasteiger partial charge in [-0.3, -0.25) is 14.6 Å². The number of amides is 2. The fourth-order valence-corrected chi connectivity index (χ4v) is 3.23. The lowest BCUT2D eigenvalue weighted by atomic mass is 10.1.